The maximum Gasteiger partial charge on any atom is 0.0229 e. The maximum absolute atomic E-state index is 2.42. The molecule has 0 spiro atoms. The van der Waals surface area contributed by atoms with E-state index in [0.717, 1.165) is 5.25 Å². The van der Waals surface area contributed by atoms with Gasteiger partial charge >= 0.3 is 0 Å². The predicted octanol–water partition coefficient (Wildman–Crippen LogP) is 5.12. The van der Waals surface area contributed by atoms with Crippen molar-refractivity contribution in [2.75, 3.05) is 0 Å². The van der Waals surface area contributed by atoms with Crippen LogP contribution < -0.4 is 0 Å². The second-order valence-electron chi connectivity index (χ2n) is 6.69. The first-order valence-corrected chi connectivity index (χ1v) is 9.19. The van der Waals surface area contributed by atoms with E-state index in [9.17, 15) is 0 Å². The predicted molar refractivity (Wildman–Crippen MR) is 89.3 cm³/mol. The number of aryl methyl sites for hydroxylation is 2. The number of rotatable bonds is 0. The molecule has 2 aliphatic carbocycles. The van der Waals surface area contributed by atoms with Crippen LogP contribution in [0.5, 0.6) is 0 Å². The van der Waals surface area contributed by atoms with Crippen LogP contribution in [-0.4, -0.2) is 5.25 Å². The molecule has 0 saturated carbocycles. The lowest BCUT2D eigenvalue weighted by Crippen LogP contribution is -2.21. The highest BCUT2D eigenvalue weighted by Gasteiger charge is 2.40. The van der Waals surface area contributed by atoms with Crippen molar-refractivity contribution in [2.24, 2.45) is 0 Å². The Hall–Kier alpha value is -1.21. The number of thioether (sulfide) groups is 1. The molecule has 21 heavy (non-hydrogen) atoms. The van der Waals surface area contributed by atoms with Gasteiger partial charge in [-0.25, -0.2) is 0 Å². The third-order valence-electron chi connectivity index (χ3n) is 5.59. The molecule has 0 fully saturated rings. The van der Waals surface area contributed by atoms with E-state index in [2.05, 4.69) is 48.2 Å². The van der Waals surface area contributed by atoms with Gasteiger partial charge in [-0.05, 0) is 72.4 Å². The molecule has 1 heteroatoms. The standard InChI is InChI=1S/C20H20S/c1-3-7-15-13(5-1)9-11-17-19(15)20-16-8-4-2-6-14(16)10-12-18(20)21-17/h1,3,5,7,10,12,17,19H,2,4,6,8-9,11H2. The van der Waals surface area contributed by atoms with Crippen LogP contribution in [0.4, 0.5) is 0 Å². The summed E-state index contributed by atoms with van der Waals surface area (Å²) in [5.41, 5.74) is 8.30. The first-order chi connectivity index (χ1) is 10.4. The van der Waals surface area contributed by atoms with Crippen LogP contribution in [0.25, 0.3) is 0 Å². The van der Waals surface area contributed by atoms with E-state index in [4.69, 9.17) is 0 Å². The molecule has 2 atom stereocenters. The largest absolute Gasteiger partial charge is 0.121 e. The first-order valence-electron chi connectivity index (χ1n) is 8.31. The van der Waals surface area contributed by atoms with Crippen molar-refractivity contribution in [3.05, 3.63) is 64.2 Å². The van der Waals surface area contributed by atoms with Crippen molar-refractivity contribution in [3.8, 4) is 0 Å². The van der Waals surface area contributed by atoms with Crippen molar-refractivity contribution in [3.63, 3.8) is 0 Å². The van der Waals surface area contributed by atoms with E-state index in [1.807, 2.05) is 0 Å². The van der Waals surface area contributed by atoms with Gasteiger partial charge in [-0.1, -0.05) is 30.3 Å². The SMILES string of the molecule is c1ccc2c(c1)CCC1Sc3ccc4c(c3C21)CCCC4. The lowest BCUT2D eigenvalue weighted by atomic mass is 9.75. The van der Waals surface area contributed by atoms with Crippen LogP contribution in [0.3, 0.4) is 0 Å². The van der Waals surface area contributed by atoms with Gasteiger partial charge in [-0.2, -0.15) is 0 Å². The summed E-state index contributed by atoms with van der Waals surface area (Å²) >= 11 is 2.16. The van der Waals surface area contributed by atoms with E-state index < -0.39 is 0 Å². The number of fused-ring (bicyclic) bond motifs is 7. The fourth-order valence-corrected chi connectivity index (χ4v) is 6.14. The van der Waals surface area contributed by atoms with Crippen molar-refractivity contribution in [1.29, 1.82) is 0 Å². The molecule has 0 N–H and O–H groups in total. The summed E-state index contributed by atoms with van der Waals surface area (Å²) in [5, 5.41) is 0.781. The Kier molecular flexibility index (Phi) is 2.73. The zero-order valence-corrected chi connectivity index (χ0v) is 13.1. The first kappa shape index (κ1) is 12.3. The van der Waals surface area contributed by atoms with Crippen LogP contribution in [0.1, 0.15) is 53.0 Å². The third-order valence-corrected chi connectivity index (χ3v) is 7.01. The molecule has 0 bridgehead atoms. The second-order valence-corrected chi connectivity index (χ2v) is 7.97. The maximum atomic E-state index is 2.42. The minimum absolute atomic E-state index is 0.669. The van der Waals surface area contributed by atoms with E-state index in [1.54, 1.807) is 32.7 Å². The van der Waals surface area contributed by atoms with Crippen molar-refractivity contribution < 1.29 is 0 Å². The zero-order chi connectivity index (χ0) is 13.8. The fraction of sp³-hybridized carbons (Fsp3) is 0.400. The van der Waals surface area contributed by atoms with Gasteiger partial charge in [0.1, 0.15) is 0 Å². The molecule has 0 radical (unpaired) electrons. The molecule has 0 amide bonds. The number of hydrogen-bond donors (Lipinski definition) is 0. The average molecular weight is 292 g/mol. The van der Waals surface area contributed by atoms with Crippen LogP contribution in [0.2, 0.25) is 0 Å². The number of hydrogen-bond acceptors (Lipinski definition) is 1. The smallest absolute Gasteiger partial charge is 0.0229 e. The molecule has 0 aromatic heterocycles. The summed E-state index contributed by atoms with van der Waals surface area (Å²) in [6, 6.07) is 14.0. The summed E-state index contributed by atoms with van der Waals surface area (Å²) in [4.78, 5) is 1.59. The van der Waals surface area contributed by atoms with Crippen LogP contribution in [0, 0.1) is 0 Å². The van der Waals surface area contributed by atoms with Gasteiger partial charge < -0.3 is 0 Å². The normalized spacial score (nSPS) is 25.7. The average Bonchev–Trinajstić information content (AvgIpc) is 2.94. The molecule has 0 saturated heterocycles. The minimum atomic E-state index is 0.669. The molecule has 1 aliphatic heterocycles. The Labute approximate surface area is 131 Å². The molecule has 5 rings (SSSR count). The Morgan fingerprint density at radius 2 is 1.76 bits per heavy atom. The summed E-state index contributed by atoms with van der Waals surface area (Å²) in [7, 11) is 0. The van der Waals surface area contributed by atoms with Gasteiger partial charge in [0.05, 0.1) is 0 Å². The Morgan fingerprint density at radius 1 is 0.857 bits per heavy atom. The van der Waals surface area contributed by atoms with E-state index in [-0.39, 0.29) is 0 Å². The van der Waals surface area contributed by atoms with E-state index in [1.165, 1.54) is 38.5 Å². The Morgan fingerprint density at radius 3 is 2.76 bits per heavy atom. The van der Waals surface area contributed by atoms with Gasteiger partial charge in [0.15, 0.2) is 0 Å². The Bertz CT molecular complexity index is 716. The van der Waals surface area contributed by atoms with Crippen LogP contribution >= 0.6 is 11.8 Å². The third kappa shape index (κ3) is 1.76. The molecule has 2 aromatic carbocycles. The summed E-state index contributed by atoms with van der Waals surface area (Å²) in [5.74, 6) is 0.669. The lowest BCUT2D eigenvalue weighted by Gasteiger charge is -2.30. The molecule has 0 nitrogen and oxygen atoms in total. The second kappa shape index (κ2) is 4.64. The van der Waals surface area contributed by atoms with Crippen LogP contribution in [-0.2, 0) is 19.3 Å². The molecule has 2 unspecified atom stereocenters. The summed E-state index contributed by atoms with van der Waals surface area (Å²) < 4.78 is 0. The summed E-state index contributed by atoms with van der Waals surface area (Å²) in [6.07, 6.45) is 7.98. The minimum Gasteiger partial charge on any atom is -0.121 e. The Balaban J connectivity index is 1.74. The monoisotopic (exact) mass is 292 g/mol. The zero-order valence-electron chi connectivity index (χ0n) is 12.3. The topological polar surface area (TPSA) is 0 Å². The van der Waals surface area contributed by atoms with Crippen molar-refractivity contribution in [2.45, 2.75) is 54.6 Å². The van der Waals surface area contributed by atoms with Gasteiger partial charge in [-0.3, -0.25) is 0 Å². The molecular formula is C20H20S. The van der Waals surface area contributed by atoms with Gasteiger partial charge in [0.25, 0.3) is 0 Å². The van der Waals surface area contributed by atoms with Gasteiger partial charge in [-0.15, -0.1) is 11.8 Å². The van der Waals surface area contributed by atoms with Crippen molar-refractivity contribution in [1.82, 2.24) is 0 Å². The lowest BCUT2D eigenvalue weighted by molar-refractivity contribution is 0.620. The summed E-state index contributed by atoms with van der Waals surface area (Å²) in [6.45, 7) is 0. The fourth-order valence-electron chi connectivity index (χ4n) is 4.64. The van der Waals surface area contributed by atoms with E-state index >= 15 is 0 Å². The molecule has 2 aromatic rings. The highest BCUT2D eigenvalue weighted by molar-refractivity contribution is 8.00. The van der Waals surface area contributed by atoms with Gasteiger partial charge in [0.2, 0.25) is 0 Å². The highest BCUT2D eigenvalue weighted by atomic mass is 32.2. The molecular weight excluding hydrogens is 272 g/mol. The molecule has 3 aliphatic rings. The highest BCUT2D eigenvalue weighted by Crippen LogP contribution is 2.55. The van der Waals surface area contributed by atoms with E-state index in [0.29, 0.717) is 5.92 Å². The molecule has 1 heterocycles. The van der Waals surface area contributed by atoms with Crippen molar-refractivity contribution >= 4 is 11.8 Å². The molecule has 106 valence electrons. The number of benzene rings is 2. The van der Waals surface area contributed by atoms with Crippen LogP contribution in [0.15, 0.2) is 41.3 Å². The van der Waals surface area contributed by atoms with Gasteiger partial charge in [0, 0.05) is 16.1 Å². The quantitative estimate of drug-likeness (QED) is 0.649.